The largest absolute Gasteiger partial charge is 0.497 e. The molecule has 144 valence electrons. The number of thioether (sulfide) groups is 1. The lowest BCUT2D eigenvalue weighted by Gasteiger charge is -2.13. The zero-order valence-electron chi connectivity index (χ0n) is 15.1. The fourth-order valence-electron chi connectivity index (χ4n) is 3.04. The Hall–Kier alpha value is -2.74. The summed E-state index contributed by atoms with van der Waals surface area (Å²) in [5, 5.41) is 0.350. The number of hydrogen-bond acceptors (Lipinski definition) is 4. The van der Waals surface area contributed by atoms with Crippen molar-refractivity contribution in [1.82, 2.24) is 14.4 Å². The predicted molar refractivity (Wildman–Crippen MR) is 103 cm³/mol. The van der Waals surface area contributed by atoms with Crippen molar-refractivity contribution in [3.05, 3.63) is 65.6 Å². The highest BCUT2D eigenvalue weighted by Crippen LogP contribution is 2.38. The van der Waals surface area contributed by atoms with Crippen LogP contribution in [0.1, 0.15) is 16.8 Å². The lowest BCUT2D eigenvalue weighted by Crippen LogP contribution is -2.07. The maximum atomic E-state index is 13.5. The van der Waals surface area contributed by atoms with E-state index in [-0.39, 0.29) is 10.9 Å². The highest BCUT2D eigenvalue weighted by molar-refractivity contribution is 7.98. The first-order valence-corrected chi connectivity index (χ1v) is 9.46. The molecule has 0 aliphatic heterocycles. The van der Waals surface area contributed by atoms with Gasteiger partial charge in [0, 0.05) is 29.6 Å². The summed E-state index contributed by atoms with van der Waals surface area (Å²) in [7, 11) is 1.47. The number of ether oxygens (including phenoxy) is 1. The van der Waals surface area contributed by atoms with Crippen LogP contribution in [0.4, 0.5) is 13.2 Å². The fourth-order valence-corrected chi connectivity index (χ4v) is 3.84. The van der Waals surface area contributed by atoms with Crippen LogP contribution in [0, 0.1) is 6.92 Å². The van der Waals surface area contributed by atoms with Crippen molar-refractivity contribution in [1.29, 1.82) is 0 Å². The number of nitrogens with zero attached hydrogens (tertiary/aromatic N) is 3. The minimum Gasteiger partial charge on any atom is -0.497 e. The van der Waals surface area contributed by atoms with Gasteiger partial charge in [0.05, 0.1) is 28.9 Å². The van der Waals surface area contributed by atoms with E-state index in [0.29, 0.717) is 16.5 Å². The fraction of sp³-hybridized carbons (Fsp3) is 0.200. The number of rotatable bonds is 4. The van der Waals surface area contributed by atoms with E-state index in [9.17, 15) is 13.2 Å². The van der Waals surface area contributed by atoms with Gasteiger partial charge in [-0.2, -0.15) is 13.2 Å². The number of aryl methyl sites for hydroxylation is 1. The quantitative estimate of drug-likeness (QED) is 0.421. The Kier molecular flexibility index (Phi) is 4.66. The van der Waals surface area contributed by atoms with Crippen molar-refractivity contribution in [2.75, 3.05) is 7.11 Å². The number of benzene rings is 1. The minimum atomic E-state index is -4.47. The Morgan fingerprint density at radius 2 is 1.96 bits per heavy atom. The highest BCUT2D eigenvalue weighted by atomic mass is 32.2. The molecule has 0 aliphatic carbocycles. The third-order valence-electron chi connectivity index (χ3n) is 4.39. The van der Waals surface area contributed by atoms with E-state index in [4.69, 9.17) is 4.74 Å². The third kappa shape index (κ3) is 3.52. The molecule has 0 saturated heterocycles. The number of pyridine rings is 2. The number of methoxy groups -OCH3 is 1. The molecule has 0 spiro atoms. The summed E-state index contributed by atoms with van der Waals surface area (Å²) in [6.07, 6.45) is -0.693. The van der Waals surface area contributed by atoms with Gasteiger partial charge in [0.2, 0.25) is 0 Å². The number of aromatic nitrogens is 3. The Bertz CT molecular complexity index is 1170. The second-order valence-electron chi connectivity index (χ2n) is 6.33. The van der Waals surface area contributed by atoms with Gasteiger partial charge in [0.15, 0.2) is 0 Å². The van der Waals surface area contributed by atoms with E-state index in [1.807, 2.05) is 35.9 Å². The molecule has 4 rings (SSSR count). The lowest BCUT2D eigenvalue weighted by molar-refractivity contribution is -0.136. The maximum Gasteiger partial charge on any atom is 0.417 e. The molecule has 0 unspecified atom stereocenters. The van der Waals surface area contributed by atoms with Crippen LogP contribution in [-0.2, 0) is 11.9 Å². The van der Waals surface area contributed by atoms with E-state index in [2.05, 4.69) is 9.97 Å². The number of imidazole rings is 1. The second kappa shape index (κ2) is 7.01. The van der Waals surface area contributed by atoms with Crippen LogP contribution in [0.15, 0.2) is 53.8 Å². The number of hydrogen-bond donors (Lipinski definition) is 0. The van der Waals surface area contributed by atoms with E-state index >= 15 is 0 Å². The molecule has 0 saturated carbocycles. The smallest absolute Gasteiger partial charge is 0.417 e. The first-order valence-electron chi connectivity index (χ1n) is 8.47. The normalized spacial score (nSPS) is 12.0. The molecule has 0 amide bonds. The van der Waals surface area contributed by atoms with Gasteiger partial charge in [0.1, 0.15) is 11.4 Å². The molecule has 4 nitrogen and oxygen atoms in total. The van der Waals surface area contributed by atoms with Crippen LogP contribution in [0.3, 0.4) is 0 Å². The van der Waals surface area contributed by atoms with Crippen LogP contribution in [0.25, 0.3) is 16.6 Å². The molecule has 3 heterocycles. The van der Waals surface area contributed by atoms with E-state index in [1.54, 1.807) is 0 Å². The predicted octanol–water partition coefficient (Wildman–Crippen LogP) is 5.51. The summed E-state index contributed by atoms with van der Waals surface area (Å²) < 4.78 is 47.7. The molecule has 0 radical (unpaired) electrons. The standard InChI is InChI=1S/C20H16F3N3OS/c1-12-4-3-7-26-10-13(24-19(12)26)11-28-18-9-16(20(21,22)23)15-6-5-14(27-2)8-17(15)25-18/h3-10H,11H2,1-2H3. The average molecular weight is 403 g/mol. The summed E-state index contributed by atoms with van der Waals surface area (Å²) in [4.78, 5) is 8.95. The molecule has 1 aromatic carbocycles. The van der Waals surface area contributed by atoms with Gasteiger partial charge in [-0.1, -0.05) is 17.8 Å². The van der Waals surface area contributed by atoms with Crippen LogP contribution >= 0.6 is 11.8 Å². The Morgan fingerprint density at radius 3 is 2.68 bits per heavy atom. The summed E-state index contributed by atoms with van der Waals surface area (Å²) >= 11 is 1.23. The Morgan fingerprint density at radius 1 is 1.14 bits per heavy atom. The number of alkyl halides is 3. The van der Waals surface area contributed by atoms with E-state index in [1.165, 1.54) is 37.1 Å². The zero-order chi connectivity index (χ0) is 19.9. The molecule has 0 aliphatic rings. The summed E-state index contributed by atoms with van der Waals surface area (Å²) in [5.74, 6) is 0.882. The topological polar surface area (TPSA) is 39.4 Å². The van der Waals surface area contributed by atoms with Crippen LogP contribution < -0.4 is 4.74 Å². The maximum absolute atomic E-state index is 13.5. The van der Waals surface area contributed by atoms with Gasteiger partial charge >= 0.3 is 6.18 Å². The van der Waals surface area contributed by atoms with Crippen LogP contribution in [-0.4, -0.2) is 21.5 Å². The van der Waals surface area contributed by atoms with Crippen molar-refractivity contribution < 1.29 is 17.9 Å². The summed E-state index contributed by atoms with van der Waals surface area (Å²) in [6, 6.07) is 9.40. The third-order valence-corrected chi connectivity index (χ3v) is 5.34. The Balaban J connectivity index is 1.70. The van der Waals surface area contributed by atoms with Crippen LogP contribution in [0.5, 0.6) is 5.75 Å². The van der Waals surface area contributed by atoms with E-state index in [0.717, 1.165) is 23.0 Å². The molecule has 3 aromatic heterocycles. The molecular weight excluding hydrogens is 387 g/mol. The van der Waals surface area contributed by atoms with Crippen molar-refractivity contribution in [2.45, 2.75) is 23.9 Å². The molecule has 8 heteroatoms. The van der Waals surface area contributed by atoms with E-state index < -0.39 is 11.7 Å². The molecule has 0 bridgehead atoms. The molecule has 0 N–H and O–H groups in total. The number of halogens is 3. The zero-order valence-corrected chi connectivity index (χ0v) is 15.9. The molecule has 4 aromatic rings. The molecule has 28 heavy (non-hydrogen) atoms. The van der Waals surface area contributed by atoms with Gasteiger partial charge in [0.25, 0.3) is 0 Å². The number of fused-ring (bicyclic) bond motifs is 2. The minimum absolute atomic E-state index is 0.0565. The van der Waals surface area contributed by atoms with Crippen molar-refractivity contribution >= 4 is 28.3 Å². The van der Waals surface area contributed by atoms with Crippen LogP contribution in [0.2, 0.25) is 0 Å². The van der Waals surface area contributed by atoms with Gasteiger partial charge < -0.3 is 9.14 Å². The van der Waals surface area contributed by atoms with Gasteiger partial charge in [-0.25, -0.2) is 9.97 Å². The van der Waals surface area contributed by atoms with Gasteiger partial charge in [-0.15, -0.1) is 0 Å². The van der Waals surface area contributed by atoms with Crippen molar-refractivity contribution in [2.24, 2.45) is 0 Å². The lowest BCUT2D eigenvalue weighted by atomic mass is 10.1. The van der Waals surface area contributed by atoms with Gasteiger partial charge in [-0.3, -0.25) is 0 Å². The summed E-state index contributed by atoms with van der Waals surface area (Å²) in [5.41, 5.74) is 2.20. The first kappa shape index (κ1) is 18.6. The molecule has 0 fully saturated rings. The molecule has 0 atom stereocenters. The monoisotopic (exact) mass is 403 g/mol. The van der Waals surface area contributed by atoms with Crippen molar-refractivity contribution in [3.63, 3.8) is 0 Å². The van der Waals surface area contributed by atoms with Gasteiger partial charge in [-0.05, 0) is 36.8 Å². The highest BCUT2D eigenvalue weighted by Gasteiger charge is 2.33. The SMILES string of the molecule is COc1ccc2c(C(F)(F)F)cc(SCc3cn4cccc(C)c4n3)nc2c1. The summed E-state index contributed by atoms with van der Waals surface area (Å²) in [6.45, 7) is 1.97. The first-order chi connectivity index (χ1) is 13.3. The average Bonchev–Trinajstić information content (AvgIpc) is 3.09. The Labute approximate surface area is 163 Å². The molecular formula is C20H16F3N3OS. The van der Waals surface area contributed by atoms with Crippen molar-refractivity contribution in [3.8, 4) is 5.75 Å². The second-order valence-corrected chi connectivity index (χ2v) is 7.33.